The van der Waals surface area contributed by atoms with Gasteiger partial charge in [-0.15, -0.1) is 0 Å². The minimum absolute atomic E-state index is 0.235. The van der Waals surface area contributed by atoms with E-state index >= 15 is 0 Å². The highest BCUT2D eigenvalue weighted by Gasteiger charge is 2.16. The summed E-state index contributed by atoms with van der Waals surface area (Å²) in [5.74, 6) is 2.35. The maximum absolute atomic E-state index is 12.3. The maximum Gasteiger partial charge on any atom is 0.227 e. The molecule has 116 valence electrons. The molecule has 2 aromatic rings. The summed E-state index contributed by atoms with van der Waals surface area (Å²) in [5.41, 5.74) is 4.23. The Morgan fingerprint density at radius 2 is 1.86 bits per heavy atom. The number of aryl methyl sites for hydroxylation is 2. The first kappa shape index (κ1) is 15.2. The van der Waals surface area contributed by atoms with Crippen molar-refractivity contribution in [3.05, 3.63) is 47.3 Å². The summed E-state index contributed by atoms with van der Waals surface area (Å²) < 4.78 is 1.93. The number of thioether (sulfide) groups is 1. The van der Waals surface area contributed by atoms with Gasteiger partial charge >= 0.3 is 0 Å². The molecule has 0 radical (unpaired) electrons. The van der Waals surface area contributed by atoms with Gasteiger partial charge in [0.15, 0.2) is 0 Å². The lowest BCUT2D eigenvalue weighted by molar-refractivity contribution is -0.130. The number of benzene rings is 1. The molecule has 1 aromatic heterocycles. The molecule has 1 aliphatic rings. The first-order valence-corrected chi connectivity index (χ1v) is 8.77. The van der Waals surface area contributed by atoms with E-state index in [0.29, 0.717) is 6.42 Å². The first-order valence-electron chi connectivity index (χ1n) is 7.61. The Kier molecular flexibility index (Phi) is 4.52. The van der Waals surface area contributed by atoms with Crippen LogP contribution < -0.4 is 0 Å². The van der Waals surface area contributed by atoms with Gasteiger partial charge in [0.25, 0.3) is 0 Å². The predicted octanol–water partition coefficient (Wildman–Crippen LogP) is 2.61. The van der Waals surface area contributed by atoms with Crippen LogP contribution in [-0.2, 0) is 11.2 Å². The fourth-order valence-corrected chi connectivity index (χ4v) is 3.65. The van der Waals surface area contributed by atoms with Gasteiger partial charge in [0.05, 0.1) is 17.8 Å². The molecule has 1 aromatic carbocycles. The Labute approximate surface area is 135 Å². The van der Waals surface area contributed by atoms with Crippen molar-refractivity contribution in [3.8, 4) is 5.69 Å². The van der Waals surface area contributed by atoms with E-state index in [-0.39, 0.29) is 5.91 Å². The topological polar surface area (TPSA) is 38.1 Å². The number of carbonyl (C=O) groups is 1. The van der Waals surface area contributed by atoms with Gasteiger partial charge in [0.1, 0.15) is 0 Å². The Balaban J connectivity index is 1.69. The lowest BCUT2D eigenvalue weighted by Gasteiger charge is -2.26. The molecule has 0 bridgehead atoms. The number of carbonyl (C=O) groups excluding carboxylic acids is 1. The quantitative estimate of drug-likeness (QED) is 0.874. The summed E-state index contributed by atoms with van der Waals surface area (Å²) in [7, 11) is 0. The minimum Gasteiger partial charge on any atom is -0.341 e. The van der Waals surface area contributed by atoms with Crippen LogP contribution in [0.5, 0.6) is 0 Å². The summed E-state index contributed by atoms with van der Waals surface area (Å²) in [4.78, 5) is 14.3. The van der Waals surface area contributed by atoms with Crippen molar-refractivity contribution in [3.63, 3.8) is 0 Å². The summed E-state index contributed by atoms with van der Waals surface area (Å²) >= 11 is 1.92. The van der Waals surface area contributed by atoms with Crippen LogP contribution in [0.2, 0.25) is 0 Å². The van der Waals surface area contributed by atoms with Crippen LogP contribution in [0.3, 0.4) is 0 Å². The Hall–Kier alpha value is -1.75. The number of aromatic nitrogens is 2. The molecule has 0 unspecified atom stereocenters. The number of nitrogens with zero attached hydrogens (tertiary/aromatic N) is 3. The molecule has 0 atom stereocenters. The van der Waals surface area contributed by atoms with Crippen molar-refractivity contribution in [2.24, 2.45) is 0 Å². The minimum atomic E-state index is 0.235. The molecular formula is C17H21N3OS. The van der Waals surface area contributed by atoms with Gasteiger partial charge in [-0.1, -0.05) is 12.1 Å². The van der Waals surface area contributed by atoms with Crippen molar-refractivity contribution in [2.45, 2.75) is 20.3 Å². The molecule has 0 aliphatic carbocycles. The average Bonchev–Trinajstić information content (AvgIpc) is 2.87. The third-order valence-corrected chi connectivity index (χ3v) is 4.85. The third-order valence-electron chi connectivity index (χ3n) is 3.91. The molecule has 4 nitrogen and oxygen atoms in total. The number of rotatable bonds is 3. The molecule has 0 N–H and O–H groups in total. The van der Waals surface area contributed by atoms with Crippen LogP contribution in [0.1, 0.15) is 17.0 Å². The van der Waals surface area contributed by atoms with Gasteiger partial charge in [-0.25, -0.2) is 4.68 Å². The van der Waals surface area contributed by atoms with Gasteiger partial charge in [0, 0.05) is 30.3 Å². The molecule has 22 heavy (non-hydrogen) atoms. The molecule has 1 saturated heterocycles. The molecule has 1 aliphatic heterocycles. The van der Waals surface area contributed by atoms with Crippen LogP contribution in [0, 0.1) is 13.8 Å². The zero-order valence-corrected chi connectivity index (χ0v) is 13.9. The zero-order chi connectivity index (χ0) is 15.5. The van der Waals surface area contributed by atoms with E-state index in [0.717, 1.165) is 47.2 Å². The van der Waals surface area contributed by atoms with Crippen molar-refractivity contribution in [1.29, 1.82) is 0 Å². The second-order valence-corrected chi connectivity index (χ2v) is 6.90. The second-order valence-electron chi connectivity index (χ2n) is 5.68. The van der Waals surface area contributed by atoms with Crippen LogP contribution in [0.15, 0.2) is 30.3 Å². The van der Waals surface area contributed by atoms with E-state index < -0.39 is 0 Å². The Morgan fingerprint density at radius 1 is 1.18 bits per heavy atom. The normalized spacial score (nSPS) is 15.1. The molecular weight excluding hydrogens is 294 g/mol. The fraction of sp³-hybridized carbons (Fsp3) is 0.412. The first-order chi connectivity index (χ1) is 10.6. The fourth-order valence-electron chi connectivity index (χ4n) is 2.74. The smallest absolute Gasteiger partial charge is 0.227 e. The lowest BCUT2D eigenvalue weighted by atomic mass is 10.1. The molecule has 3 rings (SSSR count). The molecule has 0 spiro atoms. The molecule has 5 heteroatoms. The Bertz CT molecular complexity index is 657. The summed E-state index contributed by atoms with van der Waals surface area (Å²) in [5, 5.41) is 4.48. The van der Waals surface area contributed by atoms with Gasteiger partial charge in [-0.05, 0) is 37.6 Å². The SMILES string of the molecule is Cc1cc(C)n(-c2ccc(CC(=O)N3CCSCC3)cc2)n1. The molecule has 1 fully saturated rings. The summed E-state index contributed by atoms with van der Waals surface area (Å²) in [6.45, 7) is 5.81. The van der Waals surface area contributed by atoms with E-state index in [4.69, 9.17) is 0 Å². The predicted molar refractivity (Wildman–Crippen MR) is 90.6 cm³/mol. The zero-order valence-electron chi connectivity index (χ0n) is 13.1. The van der Waals surface area contributed by atoms with Crippen molar-refractivity contribution < 1.29 is 4.79 Å². The molecule has 0 saturated carbocycles. The number of hydrogen-bond acceptors (Lipinski definition) is 3. The van der Waals surface area contributed by atoms with Gasteiger partial charge in [0.2, 0.25) is 5.91 Å². The number of amides is 1. The van der Waals surface area contributed by atoms with Crippen molar-refractivity contribution in [1.82, 2.24) is 14.7 Å². The monoisotopic (exact) mass is 315 g/mol. The number of hydrogen-bond donors (Lipinski definition) is 0. The van der Waals surface area contributed by atoms with Crippen LogP contribution in [0.4, 0.5) is 0 Å². The van der Waals surface area contributed by atoms with Crippen LogP contribution in [-0.4, -0.2) is 45.2 Å². The highest BCUT2D eigenvalue weighted by Crippen LogP contribution is 2.15. The van der Waals surface area contributed by atoms with E-state index in [1.807, 2.05) is 59.5 Å². The highest BCUT2D eigenvalue weighted by atomic mass is 32.2. The maximum atomic E-state index is 12.3. The van der Waals surface area contributed by atoms with E-state index in [1.54, 1.807) is 0 Å². The standard InChI is InChI=1S/C17H21N3OS/c1-13-11-14(2)20(18-13)16-5-3-15(4-6-16)12-17(21)19-7-9-22-10-8-19/h3-6,11H,7-10,12H2,1-2H3. The van der Waals surface area contributed by atoms with Gasteiger partial charge in [-0.3, -0.25) is 4.79 Å². The summed E-state index contributed by atoms with van der Waals surface area (Å²) in [6.07, 6.45) is 0.488. The van der Waals surface area contributed by atoms with Crippen LogP contribution >= 0.6 is 11.8 Å². The van der Waals surface area contributed by atoms with Gasteiger partial charge in [-0.2, -0.15) is 16.9 Å². The van der Waals surface area contributed by atoms with Crippen molar-refractivity contribution in [2.75, 3.05) is 24.6 Å². The molecule has 1 amide bonds. The van der Waals surface area contributed by atoms with Crippen LogP contribution in [0.25, 0.3) is 5.69 Å². The van der Waals surface area contributed by atoms with E-state index in [2.05, 4.69) is 11.2 Å². The van der Waals surface area contributed by atoms with Crippen molar-refractivity contribution >= 4 is 17.7 Å². The van der Waals surface area contributed by atoms with E-state index in [1.165, 1.54) is 0 Å². The molecule has 2 heterocycles. The largest absolute Gasteiger partial charge is 0.341 e. The highest BCUT2D eigenvalue weighted by molar-refractivity contribution is 7.99. The third kappa shape index (κ3) is 3.35. The second kappa shape index (κ2) is 6.57. The van der Waals surface area contributed by atoms with E-state index in [9.17, 15) is 4.79 Å². The average molecular weight is 315 g/mol. The summed E-state index contributed by atoms with van der Waals surface area (Å²) in [6, 6.07) is 10.2. The Morgan fingerprint density at radius 3 is 2.45 bits per heavy atom. The lowest BCUT2D eigenvalue weighted by Crippen LogP contribution is -2.38. The van der Waals surface area contributed by atoms with Gasteiger partial charge < -0.3 is 4.90 Å².